The summed E-state index contributed by atoms with van der Waals surface area (Å²) in [5.41, 5.74) is 4.80. The first-order chi connectivity index (χ1) is 19.8. The second-order valence-electron chi connectivity index (χ2n) is 11.2. The van der Waals surface area contributed by atoms with Crippen LogP contribution in [0.5, 0.6) is 11.6 Å². The fourth-order valence-electron chi connectivity index (χ4n) is 5.39. The number of nitrogens with zero attached hydrogens (tertiary/aromatic N) is 5. The second-order valence-corrected chi connectivity index (χ2v) is 12.1. The highest BCUT2D eigenvalue weighted by Gasteiger charge is 2.23. The van der Waals surface area contributed by atoms with Crippen molar-refractivity contribution in [2.75, 3.05) is 24.9 Å². The summed E-state index contributed by atoms with van der Waals surface area (Å²) in [5, 5.41) is 4.25. The van der Waals surface area contributed by atoms with E-state index in [0.717, 1.165) is 59.6 Å². The molecule has 0 radical (unpaired) electrons. The first-order valence-corrected chi connectivity index (χ1v) is 15.2. The van der Waals surface area contributed by atoms with Crippen LogP contribution in [0.1, 0.15) is 56.2 Å². The fourth-order valence-corrected chi connectivity index (χ4v) is 5.99. The Hall–Kier alpha value is -3.43. The number of hydrogen-bond donors (Lipinski definition) is 1. The van der Waals surface area contributed by atoms with Crippen molar-refractivity contribution in [2.24, 2.45) is 13.0 Å². The minimum Gasteiger partial charge on any atom is -0.439 e. The number of likely N-dealkylation sites (tertiary alicyclic amines) is 1. The number of nitrogens with one attached hydrogen (secondary N) is 1. The number of anilines is 1. The summed E-state index contributed by atoms with van der Waals surface area (Å²) in [4.78, 5) is 13.1. The molecule has 4 aromatic rings. The molecule has 0 bridgehead atoms. The molecule has 1 N–H and O–H groups in total. The molecule has 41 heavy (non-hydrogen) atoms. The van der Waals surface area contributed by atoms with Gasteiger partial charge in [-0.25, -0.2) is 9.37 Å². The van der Waals surface area contributed by atoms with Crippen molar-refractivity contribution in [1.82, 2.24) is 24.6 Å². The van der Waals surface area contributed by atoms with Gasteiger partial charge < -0.3 is 9.64 Å². The van der Waals surface area contributed by atoms with Gasteiger partial charge in [0, 0.05) is 24.4 Å². The number of rotatable bonds is 10. The lowest BCUT2D eigenvalue weighted by molar-refractivity contribution is 0.253. The van der Waals surface area contributed by atoms with Crippen LogP contribution in [0.3, 0.4) is 0 Å². The summed E-state index contributed by atoms with van der Waals surface area (Å²) in [7, 11) is 4.00. The van der Waals surface area contributed by atoms with E-state index in [1.54, 1.807) is 16.9 Å². The average molecular weight is 575 g/mol. The van der Waals surface area contributed by atoms with E-state index < -0.39 is 0 Å². The van der Waals surface area contributed by atoms with Crippen LogP contribution in [0.15, 0.2) is 59.8 Å². The third-order valence-corrected chi connectivity index (χ3v) is 8.24. The number of piperidine rings is 1. The van der Waals surface area contributed by atoms with Crippen LogP contribution in [-0.2, 0) is 19.9 Å². The Morgan fingerprint density at radius 3 is 2.59 bits per heavy atom. The summed E-state index contributed by atoms with van der Waals surface area (Å²) in [6.07, 6.45) is 7.20. The summed E-state index contributed by atoms with van der Waals surface area (Å²) in [6.45, 7) is 8.46. The maximum absolute atomic E-state index is 15.0. The molecule has 2 aromatic heterocycles. The van der Waals surface area contributed by atoms with Gasteiger partial charge in [0.15, 0.2) is 0 Å². The van der Waals surface area contributed by atoms with Crippen molar-refractivity contribution in [3.8, 4) is 22.9 Å². The van der Waals surface area contributed by atoms with E-state index in [1.165, 1.54) is 23.6 Å². The summed E-state index contributed by atoms with van der Waals surface area (Å²) < 4.78 is 26.5. The molecule has 0 unspecified atom stereocenters. The van der Waals surface area contributed by atoms with Crippen LogP contribution in [0, 0.1) is 11.7 Å². The quantitative estimate of drug-likeness (QED) is 0.197. The molecule has 1 saturated heterocycles. The lowest BCUT2D eigenvalue weighted by atomic mass is 9.89. The van der Waals surface area contributed by atoms with Crippen molar-refractivity contribution in [3.63, 3.8) is 0 Å². The molecule has 9 heteroatoms. The maximum Gasteiger partial charge on any atom is 0.237 e. The lowest BCUT2D eigenvalue weighted by Gasteiger charge is -2.29. The maximum atomic E-state index is 15.0. The zero-order valence-corrected chi connectivity index (χ0v) is 25.3. The van der Waals surface area contributed by atoms with Crippen molar-refractivity contribution < 1.29 is 9.13 Å². The van der Waals surface area contributed by atoms with Gasteiger partial charge in [-0.1, -0.05) is 45.0 Å². The summed E-state index contributed by atoms with van der Waals surface area (Å²) in [5.74, 6) is 2.00. The standard InChI is InChI=1S/C32H39FN6OS/c1-6-26-30(27-10-8-7-9-23(27)17-21(2)3)35-32(37-41-25-19-34-39(5)20-25)36-31(26)40-24-11-12-29(33)28(18-24)22-13-15-38(4)16-14-22/h7-12,18-22H,6,13-17H2,1-5H3,(H,35,36,37). The van der Waals surface area contributed by atoms with Crippen LogP contribution in [0.4, 0.5) is 10.3 Å². The zero-order valence-electron chi connectivity index (χ0n) is 24.5. The van der Waals surface area contributed by atoms with Gasteiger partial charge in [-0.05, 0) is 98.9 Å². The number of ether oxygens (including phenoxy) is 1. The van der Waals surface area contributed by atoms with Gasteiger partial charge in [0.05, 0.1) is 16.8 Å². The molecule has 3 heterocycles. The number of aryl methyl sites for hydroxylation is 1. The van der Waals surface area contributed by atoms with Gasteiger partial charge in [-0.3, -0.25) is 9.40 Å². The van der Waals surface area contributed by atoms with Crippen molar-refractivity contribution in [1.29, 1.82) is 0 Å². The molecule has 0 saturated carbocycles. The largest absolute Gasteiger partial charge is 0.439 e. The number of benzene rings is 2. The van der Waals surface area contributed by atoms with E-state index in [2.05, 4.69) is 60.7 Å². The van der Waals surface area contributed by atoms with Gasteiger partial charge >= 0.3 is 0 Å². The Balaban J connectivity index is 1.54. The van der Waals surface area contributed by atoms with Gasteiger partial charge in [0.25, 0.3) is 0 Å². The van der Waals surface area contributed by atoms with E-state index in [1.807, 2.05) is 25.4 Å². The molecular formula is C32H39FN6OS. The predicted octanol–water partition coefficient (Wildman–Crippen LogP) is 7.50. The minimum absolute atomic E-state index is 0.177. The molecular weight excluding hydrogens is 535 g/mol. The predicted molar refractivity (Wildman–Crippen MR) is 164 cm³/mol. The van der Waals surface area contributed by atoms with E-state index in [0.29, 0.717) is 29.9 Å². The molecule has 1 aliphatic rings. The Morgan fingerprint density at radius 1 is 1.10 bits per heavy atom. The van der Waals surface area contributed by atoms with Gasteiger partial charge in [-0.15, -0.1) is 0 Å². The van der Waals surface area contributed by atoms with Gasteiger partial charge in [-0.2, -0.15) is 10.1 Å². The van der Waals surface area contributed by atoms with Crippen molar-refractivity contribution >= 4 is 17.9 Å². The van der Waals surface area contributed by atoms with E-state index in [4.69, 9.17) is 14.7 Å². The van der Waals surface area contributed by atoms with Crippen LogP contribution < -0.4 is 9.46 Å². The SMILES string of the molecule is CCc1c(Oc2ccc(F)c(C3CCN(C)CC3)c2)nc(NSc2cnn(C)c2)nc1-c1ccccc1CC(C)C. The van der Waals surface area contributed by atoms with Crippen LogP contribution >= 0.6 is 11.9 Å². The van der Waals surface area contributed by atoms with Crippen LogP contribution in [0.2, 0.25) is 0 Å². The van der Waals surface area contributed by atoms with Crippen molar-refractivity contribution in [2.45, 2.75) is 57.3 Å². The summed E-state index contributed by atoms with van der Waals surface area (Å²) >= 11 is 1.40. The third-order valence-electron chi connectivity index (χ3n) is 7.51. The molecule has 2 aromatic carbocycles. The van der Waals surface area contributed by atoms with E-state index >= 15 is 0 Å². The highest BCUT2D eigenvalue weighted by molar-refractivity contribution is 8.00. The Kier molecular flexibility index (Phi) is 9.25. The molecule has 1 aliphatic heterocycles. The van der Waals surface area contributed by atoms with Crippen LogP contribution in [0.25, 0.3) is 11.3 Å². The van der Waals surface area contributed by atoms with Crippen LogP contribution in [-0.4, -0.2) is 44.8 Å². The van der Waals surface area contributed by atoms with Gasteiger partial charge in [0.2, 0.25) is 11.8 Å². The molecule has 0 spiro atoms. The lowest BCUT2D eigenvalue weighted by Crippen LogP contribution is -2.29. The molecule has 0 atom stereocenters. The Labute approximate surface area is 246 Å². The van der Waals surface area contributed by atoms with Gasteiger partial charge in [0.1, 0.15) is 11.6 Å². The van der Waals surface area contributed by atoms with E-state index in [-0.39, 0.29) is 11.7 Å². The zero-order chi connectivity index (χ0) is 28.9. The monoisotopic (exact) mass is 574 g/mol. The highest BCUT2D eigenvalue weighted by atomic mass is 32.2. The third kappa shape index (κ3) is 7.08. The normalized spacial score (nSPS) is 14.5. The van der Waals surface area contributed by atoms with E-state index in [9.17, 15) is 4.39 Å². The molecule has 1 fully saturated rings. The molecule has 0 amide bonds. The second kappa shape index (κ2) is 13.0. The average Bonchev–Trinajstić information content (AvgIpc) is 3.38. The Morgan fingerprint density at radius 2 is 1.88 bits per heavy atom. The molecule has 0 aliphatic carbocycles. The molecule has 5 rings (SSSR count). The molecule has 7 nitrogen and oxygen atoms in total. The smallest absolute Gasteiger partial charge is 0.237 e. The first kappa shape index (κ1) is 29.1. The highest BCUT2D eigenvalue weighted by Crippen LogP contribution is 2.37. The first-order valence-electron chi connectivity index (χ1n) is 14.4. The fraction of sp³-hybridized carbons (Fsp3) is 0.406. The number of aromatic nitrogens is 4. The molecule has 216 valence electrons. The number of hydrogen-bond acceptors (Lipinski definition) is 7. The Bertz CT molecular complexity index is 1480. The minimum atomic E-state index is -0.177. The number of halogens is 1. The summed E-state index contributed by atoms with van der Waals surface area (Å²) in [6, 6.07) is 13.5. The van der Waals surface area contributed by atoms with Crippen molar-refractivity contribution in [3.05, 3.63) is 77.4 Å². The topological polar surface area (TPSA) is 68.1 Å².